The summed E-state index contributed by atoms with van der Waals surface area (Å²) in [5.74, 6) is 2.00. The first kappa shape index (κ1) is 16.2. The van der Waals surface area contributed by atoms with Gasteiger partial charge in [-0.15, -0.1) is 0 Å². The van der Waals surface area contributed by atoms with Crippen LogP contribution in [-0.4, -0.2) is 54.1 Å². The Kier molecular flexibility index (Phi) is 5.72. The van der Waals surface area contributed by atoms with E-state index in [0.717, 1.165) is 11.5 Å². The van der Waals surface area contributed by atoms with Crippen LogP contribution in [0.25, 0.3) is 18.3 Å². The van der Waals surface area contributed by atoms with Gasteiger partial charge in [0.05, 0.1) is 0 Å². The average molecular weight is 522 g/mol. The molecular formula is C18H18O2Te2. The number of hydrogen-bond acceptors (Lipinski definition) is 2. The Morgan fingerprint density at radius 2 is 1.23 bits per heavy atom. The van der Waals surface area contributed by atoms with E-state index in [2.05, 4.69) is 44.6 Å². The first-order chi connectivity index (χ1) is 10.8. The molecule has 0 fully saturated rings. The van der Waals surface area contributed by atoms with Gasteiger partial charge in [-0.1, -0.05) is 0 Å². The van der Waals surface area contributed by atoms with Crippen molar-refractivity contribution in [2.24, 2.45) is 0 Å². The van der Waals surface area contributed by atoms with E-state index in [0.29, 0.717) is 13.2 Å². The molecule has 114 valence electrons. The SMILES string of the molecule is CCOc1cc(-c2ccc[te]2)c(OCC)cc1-c1ccc[te]1. The van der Waals surface area contributed by atoms with E-state index in [9.17, 15) is 0 Å². The van der Waals surface area contributed by atoms with Gasteiger partial charge in [-0.25, -0.2) is 0 Å². The summed E-state index contributed by atoms with van der Waals surface area (Å²) in [6, 6.07) is 13.2. The predicted octanol–water partition coefficient (Wildman–Crippen LogP) is 3.93. The molecule has 0 amide bonds. The van der Waals surface area contributed by atoms with E-state index < -0.39 is 0 Å². The molecule has 22 heavy (non-hydrogen) atoms. The molecule has 0 radical (unpaired) electrons. The summed E-state index contributed by atoms with van der Waals surface area (Å²) in [6.07, 6.45) is 0. The molecule has 0 spiro atoms. The van der Waals surface area contributed by atoms with Crippen molar-refractivity contribution in [2.75, 3.05) is 13.2 Å². The van der Waals surface area contributed by atoms with Crippen LogP contribution < -0.4 is 9.47 Å². The molecule has 0 atom stereocenters. The monoisotopic (exact) mass is 526 g/mol. The molecule has 0 saturated heterocycles. The van der Waals surface area contributed by atoms with E-state index in [1.54, 1.807) is 0 Å². The van der Waals surface area contributed by atoms with Crippen molar-refractivity contribution in [3.63, 3.8) is 0 Å². The van der Waals surface area contributed by atoms with Gasteiger partial charge in [-0.2, -0.15) is 0 Å². The fourth-order valence-corrected chi connectivity index (χ4v) is 6.62. The molecule has 0 aliphatic rings. The molecule has 0 saturated carbocycles. The Morgan fingerprint density at radius 1 is 0.773 bits per heavy atom. The normalized spacial score (nSPS) is 10.6. The zero-order chi connectivity index (χ0) is 15.4. The second kappa shape index (κ2) is 7.76. The van der Waals surface area contributed by atoms with Gasteiger partial charge in [0, 0.05) is 0 Å². The minimum atomic E-state index is -0.231. The second-order valence-corrected chi connectivity index (χ2v) is 10.1. The van der Waals surface area contributed by atoms with Crippen LogP contribution in [0, 0.1) is 0 Å². The van der Waals surface area contributed by atoms with Gasteiger partial charge in [0.1, 0.15) is 0 Å². The Balaban J connectivity index is 2.17. The summed E-state index contributed by atoms with van der Waals surface area (Å²) in [7, 11) is 0. The Hall–Kier alpha value is -0.641. The molecular weight excluding hydrogens is 503 g/mol. The maximum absolute atomic E-state index is 5.95. The van der Waals surface area contributed by atoms with Crippen molar-refractivity contribution in [1.29, 1.82) is 0 Å². The molecule has 3 aromatic rings. The van der Waals surface area contributed by atoms with Crippen molar-refractivity contribution in [3.05, 3.63) is 44.6 Å². The fraction of sp³-hybridized carbons (Fsp3) is 0.222. The number of rotatable bonds is 6. The molecule has 2 nitrogen and oxygen atoms in total. The van der Waals surface area contributed by atoms with Crippen LogP contribution in [0.5, 0.6) is 11.5 Å². The fourth-order valence-electron chi connectivity index (χ4n) is 2.36. The van der Waals surface area contributed by atoms with Crippen LogP contribution in [0.15, 0.2) is 44.6 Å². The molecule has 0 aliphatic carbocycles. The van der Waals surface area contributed by atoms with Gasteiger partial charge >= 0.3 is 152 Å². The molecule has 1 aromatic carbocycles. The van der Waals surface area contributed by atoms with Gasteiger partial charge < -0.3 is 0 Å². The summed E-state index contributed by atoms with van der Waals surface area (Å²) >= 11 is -0.463. The van der Waals surface area contributed by atoms with Gasteiger partial charge in [-0.05, 0) is 0 Å². The van der Waals surface area contributed by atoms with Crippen LogP contribution in [-0.2, 0) is 0 Å². The summed E-state index contributed by atoms with van der Waals surface area (Å²) < 4.78 is 19.4. The maximum atomic E-state index is 5.95. The number of benzene rings is 1. The van der Waals surface area contributed by atoms with Crippen molar-refractivity contribution in [2.45, 2.75) is 13.8 Å². The van der Waals surface area contributed by atoms with E-state index >= 15 is 0 Å². The van der Waals surface area contributed by atoms with Crippen molar-refractivity contribution < 1.29 is 9.47 Å². The Morgan fingerprint density at radius 3 is 1.55 bits per heavy atom. The minimum absolute atomic E-state index is 0.231. The zero-order valence-electron chi connectivity index (χ0n) is 12.7. The van der Waals surface area contributed by atoms with Crippen LogP contribution >= 0.6 is 0 Å². The van der Waals surface area contributed by atoms with Gasteiger partial charge in [0.25, 0.3) is 0 Å². The van der Waals surface area contributed by atoms with E-state index in [1.165, 1.54) is 18.3 Å². The Bertz CT molecular complexity index is 652. The van der Waals surface area contributed by atoms with Crippen molar-refractivity contribution in [1.82, 2.24) is 0 Å². The van der Waals surface area contributed by atoms with Crippen LogP contribution in [0.3, 0.4) is 0 Å². The van der Waals surface area contributed by atoms with E-state index in [4.69, 9.17) is 9.47 Å². The van der Waals surface area contributed by atoms with Crippen molar-refractivity contribution >= 4 is 40.9 Å². The first-order valence-electron chi connectivity index (χ1n) is 7.34. The molecule has 0 aliphatic heterocycles. The third-order valence-electron chi connectivity index (χ3n) is 3.25. The van der Waals surface area contributed by atoms with Crippen molar-refractivity contribution in [3.8, 4) is 29.8 Å². The molecule has 0 N–H and O–H groups in total. The standard InChI is InChI=1S/C18H18O2Te2/c1-3-19-15-11-14(18-8-6-10-22-18)16(20-4-2)12-13(15)17-7-5-9-21-17/h5-12H,3-4H2,1-2H3. The molecule has 0 unspecified atom stereocenters. The third kappa shape index (κ3) is 3.47. The second-order valence-electron chi connectivity index (χ2n) is 4.67. The van der Waals surface area contributed by atoms with Gasteiger partial charge in [-0.3, -0.25) is 0 Å². The molecule has 2 aromatic heterocycles. The van der Waals surface area contributed by atoms with Crippen LogP contribution in [0.2, 0.25) is 0 Å². The quantitative estimate of drug-likeness (QED) is 0.458. The first-order valence-corrected chi connectivity index (χ1v) is 12.4. The van der Waals surface area contributed by atoms with Crippen LogP contribution in [0.1, 0.15) is 13.8 Å². The van der Waals surface area contributed by atoms with Gasteiger partial charge in [0.2, 0.25) is 0 Å². The third-order valence-corrected chi connectivity index (χ3v) is 8.41. The average Bonchev–Trinajstić information content (AvgIpc) is 3.22. The van der Waals surface area contributed by atoms with Crippen LogP contribution in [0.4, 0.5) is 0 Å². The van der Waals surface area contributed by atoms with E-state index in [1.807, 2.05) is 13.8 Å². The topological polar surface area (TPSA) is 18.5 Å². The zero-order valence-corrected chi connectivity index (χ0v) is 17.3. The summed E-state index contributed by atoms with van der Waals surface area (Å²) in [5.41, 5.74) is 2.43. The molecule has 0 bridgehead atoms. The summed E-state index contributed by atoms with van der Waals surface area (Å²) in [6.45, 7) is 5.47. The van der Waals surface area contributed by atoms with E-state index in [-0.39, 0.29) is 40.9 Å². The summed E-state index contributed by atoms with van der Waals surface area (Å²) in [5, 5.41) is 0. The van der Waals surface area contributed by atoms with Gasteiger partial charge in [0.15, 0.2) is 0 Å². The molecule has 3 rings (SSSR count). The Labute approximate surface area is 150 Å². The predicted molar refractivity (Wildman–Crippen MR) is 93.5 cm³/mol. The number of ether oxygens (including phenoxy) is 2. The molecule has 2 heterocycles. The summed E-state index contributed by atoms with van der Waals surface area (Å²) in [4.78, 5) is 0. The molecule has 4 heteroatoms. The number of hydrogen-bond donors (Lipinski definition) is 0.